The van der Waals surface area contributed by atoms with Crippen molar-refractivity contribution < 1.29 is 13.9 Å². The Morgan fingerprint density at radius 1 is 1.31 bits per heavy atom. The molecule has 2 aromatic heterocycles. The maximum Gasteiger partial charge on any atom is 0.274 e. The molecule has 0 unspecified atom stereocenters. The van der Waals surface area contributed by atoms with E-state index in [1.54, 1.807) is 30.5 Å². The van der Waals surface area contributed by atoms with Crippen molar-refractivity contribution in [3.8, 4) is 5.75 Å². The quantitative estimate of drug-likeness (QED) is 0.682. The van der Waals surface area contributed by atoms with E-state index in [1.807, 2.05) is 13.0 Å². The van der Waals surface area contributed by atoms with Crippen LogP contribution in [-0.2, 0) is 6.54 Å². The number of aromatic nitrogens is 2. The van der Waals surface area contributed by atoms with Crippen molar-refractivity contribution in [2.24, 2.45) is 0 Å². The van der Waals surface area contributed by atoms with E-state index in [-0.39, 0.29) is 11.6 Å². The first-order valence-corrected chi connectivity index (χ1v) is 8.18. The van der Waals surface area contributed by atoms with Crippen molar-refractivity contribution in [1.29, 1.82) is 0 Å². The van der Waals surface area contributed by atoms with Crippen LogP contribution in [0.2, 0.25) is 5.02 Å². The summed E-state index contributed by atoms with van der Waals surface area (Å²) in [6.45, 7) is 2.30. The number of aryl methyl sites for hydroxylation is 1. The molecule has 1 amide bonds. The van der Waals surface area contributed by atoms with Gasteiger partial charge in [-0.15, -0.1) is 0 Å². The highest BCUT2D eigenvalue weighted by Crippen LogP contribution is 2.31. The normalized spacial score (nSPS) is 10.4. The van der Waals surface area contributed by atoms with E-state index in [0.29, 0.717) is 28.8 Å². The minimum atomic E-state index is -0.381. The second-order valence-corrected chi connectivity index (χ2v) is 5.88. The Balaban J connectivity index is 1.74. The van der Waals surface area contributed by atoms with Gasteiger partial charge in [-0.2, -0.15) is 0 Å². The summed E-state index contributed by atoms with van der Waals surface area (Å²) < 4.78 is 10.5. The lowest BCUT2D eigenvalue weighted by Gasteiger charge is -2.12. The van der Waals surface area contributed by atoms with Crippen molar-refractivity contribution in [1.82, 2.24) is 9.97 Å². The molecule has 3 rings (SSSR count). The number of carbonyl (C=O) groups excluding carboxylic acids is 1. The number of rotatable bonds is 6. The number of amides is 1. The van der Waals surface area contributed by atoms with Gasteiger partial charge in [0.05, 0.1) is 25.6 Å². The first-order valence-electron chi connectivity index (χ1n) is 7.80. The summed E-state index contributed by atoms with van der Waals surface area (Å²) in [7, 11) is 1.51. The fourth-order valence-electron chi connectivity index (χ4n) is 2.29. The number of carbonyl (C=O) groups is 1. The number of halogens is 1. The molecule has 0 saturated carbocycles. The molecule has 0 saturated heterocycles. The number of nitrogens with one attached hydrogen (secondary N) is 2. The lowest BCUT2D eigenvalue weighted by molar-refractivity contribution is 0.102. The van der Waals surface area contributed by atoms with E-state index in [2.05, 4.69) is 20.6 Å². The molecule has 2 heterocycles. The molecule has 0 spiro atoms. The highest BCUT2D eigenvalue weighted by Gasteiger charge is 2.14. The molecule has 0 aliphatic heterocycles. The number of furan rings is 1. The molecule has 3 aromatic rings. The Labute approximate surface area is 155 Å². The average Bonchev–Trinajstić information content (AvgIpc) is 3.16. The van der Waals surface area contributed by atoms with Crippen molar-refractivity contribution in [2.45, 2.75) is 13.5 Å². The molecular weight excluding hydrogens is 356 g/mol. The smallest absolute Gasteiger partial charge is 0.274 e. The number of anilines is 2. The maximum absolute atomic E-state index is 12.5. The Hall–Kier alpha value is -3.06. The zero-order valence-corrected chi connectivity index (χ0v) is 15.0. The van der Waals surface area contributed by atoms with Gasteiger partial charge in [-0.05, 0) is 30.7 Å². The van der Waals surface area contributed by atoms with Gasteiger partial charge in [0, 0.05) is 17.2 Å². The summed E-state index contributed by atoms with van der Waals surface area (Å²) >= 11 is 6.09. The Bertz CT molecular complexity index is 913. The second-order valence-electron chi connectivity index (χ2n) is 5.48. The van der Waals surface area contributed by atoms with Crippen LogP contribution in [0.3, 0.4) is 0 Å². The Morgan fingerprint density at radius 2 is 2.15 bits per heavy atom. The van der Waals surface area contributed by atoms with Crippen molar-refractivity contribution in [3.63, 3.8) is 0 Å². The molecular formula is C18H17ClN4O3. The van der Waals surface area contributed by atoms with Gasteiger partial charge in [0.25, 0.3) is 5.91 Å². The summed E-state index contributed by atoms with van der Waals surface area (Å²) in [6, 6.07) is 8.61. The number of hydrogen-bond acceptors (Lipinski definition) is 6. The van der Waals surface area contributed by atoms with Gasteiger partial charge in [-0.3, -0.25) is 4.79 Å². The van der Waals surface area contributed by atoms with Crippen LogP contribution in [0, 0.1) is 6.92 Å². The summed E-state index contributed by atoms with van der Waals surface area (Å²) in [5.41, 5.74) is 1.56. The molecule has 0 radical (unpaired) electrons. The monoisotopic (exact) mass is 372 g/mol. The van der Waals surface area contributed by atoms with E-state index in [9.17, 15) is 4.79 Å². The predicted molar refractivity (Wildman–Crippen MR) is 98.8 cm³/mol. The van der Waals surface area contributed by atoms with Gasteiger partial charge in [-0.25, -0.2) is 9.97 Å². The lowest BCUT2D eigenvalue weighted by atomic mass is 10.2. The fourth-order valence-corrected chi connectivity index (χ4v) is 2.44. The molecule has 0 bridgehead atoms. The summed E-state index contributed by atoms with van der Waals surface area (Å²) in [5.74, 6) is 1.37. The number of hydrogen-bond donors (Lipinski definition) is 2. The molecule has 2 N–H and O–H groups in total. The van der Waals surface area contributed by atoms with Crippen LogP contribution in [-0.4, -0.2) is 23.0 Å². The number of methoxy groups -OCH3 is 1. The molecule has 26 heavy (non-hydrogen) atoms. The summed E-state index contributed by atoms with van der Waals surface area (Å²) in [6.07, 6.45) is 2.92. The first kappa shape index (κ1) is 17.8. The van der Waals surface area contributed by atoms with E-state index in [4.69, 9.17) is 20.8 Å². The molecule has 0 aliphatic rings. The van der Waals surface area contributed by atoms with Gasteiger partial charge in [-0.1, -0.05) is 11.6 Å². The van der Waals surface area contributed by atoms with Crippen LogP contribution in [0.4, 0.5) is 11.5 Å². The molecule has 0 aliphatic carbocycles. The SMILES string of the molecule is COc1cc(Cl)c(C)cc1NC(=O)c1cc(NCc2ccco2)ncn1. The molecule has 0 atom stereocenters. The predicted octanol–water partition coefficient (Wildman–Crippen LogP) is 3.90. The van der Waals surface area contributed by atoms with Crippen LogP contribution in [0.25, 0.3) is 0 Å². The van der Waals surface area contributed by atoms with E-state index >= 15 is 0 Å². The molecule has 8 heteroatoms. The fraction of sp³-hybridized carbons (Fsp3) is 0.167. The van der Waals surface area contributed by atoms with Gasteiger partial charge < -0.3 is 19.8 Å². The topological polar surface area (TPSA) is 89.3 Å². The van der Waals surface area contributed by atoms with Crippen LogP contribution in [0.15, 0.2) is 47.3 Å². The van der Waals surface area contributed by atoms with E-state index in [1.165, 1.54) is 13.4 Å². The minimum Gasteiger partial charge on any atom is -0.495 e. The number of ether oxygens (including phenoxy) is 1. The van der Waals surface area contributed by atoms with E-state index < -0.39 is 0 Å². The second kappa shape index (κ2) is 7.88. The standard InChI is InChI=1S/C18H17ClN4O3/c1-11-6-14(16(25-2)7-13(11)19)23-18(24)15-8-17(22-10-21-15)20-9-12-4-3-5-26-12/h3-8,10H,9H2,1-2H3,(H,23,24)(H,20,21,22). The molecule has 7 nitrogen and oxygen atoms in total. The van der Waals surface area contributed by atoms with E-state index in [0.717, 1.165) is 11.3 Å². The maximum atomic E-state index is 12.5. The molecule has 134 valence electrons. The summed E-state index contributed by atoms with van der Waals surface area (Å²) in [4.78, 5) is 20.7. The highest BCUT2D eigenvalue weighted by molar-refractivity contribution is 6.31. The third kappa shape index (κ3) is 4.12. The van der Waals surface area contributed by atoms with Crippen molar-refractivity contribution >= 4 is 29.0 Å². The van der Waals surface area contributed by atoms with Gasteiger partial charge in [0.15, 0.2) is 0 Å². The van der Waals surface area contributed by atoms with Crippen LogP contribution < -0.4 is 15.4 Å². The zero-order chi connectivity index (χ0) is 18.5. The summed E-state index contributed by atoms with van der Waals surface area (Å²) in [5, 5.41) is 6.42. The van der Waals surface area contributed by atoms with Gasteiger partial charge >= 0.3 is 0 Å². The molecule has 0 fully saturated rings. The third-order valence-electron chi connectivity index (χ3n) is 3.65. The van der Waals surface area contributed by atoms with Crippen molar-refractivity contribution in [3.05, 3.63) is 65.0 Å². The van der Waals surface area contributed by atoms with Crippen LogP contribution in [0.1, 0.15) is 21.8 Å². The van der Waals surface area contributed by atoms with Gasteiger partial charge in [0.2, 0.25) is 0 Å². The highest BCUT2D eigenvalue weighted by atomic mass is 35.5. The Morgan fingerprint density at radius 3 is 2.88 bits per heavy atom. The van der Waals surface area contributed by atoms with Crippen molar-refractivity contribution in [2.75, 3.05) is 17.7 Å². The zero-order valence-electron chi connectivity index (χ0n) is 14.2. The third-order valence-corrected chi connectivity index (χ3v) is 4.06. The minimum absolute atomic E-state index is 0.219. The molecule has 1 aromatic carbocycles. The number of nitrogens with zero attached hydrogens (tertiary/aromatic N) is 2. The largest absolute Gasteiger partial charge is 0.495 e. The van der Waals surface area contributed by atoms with Gasteiger partial charge in [0.1, 0.15) is 29.3 Å². The van der Waals surface area contributed by atoms with Crippen LogP contribution >= 0.6 is 11.6 Å². The first-order chi connectivity index (χ1) is 12.6. The van der Waals surface area contributed by atoms with Crippen LogP contribution in [0.5, 0.6) is 5.75 Å². The Kier molecular flexibility index (Phi) is 5.38. The average molecular weight is 373 g/mol. The lowest BCUT2D eigenvalue weighted by Crippen LogP contribution is -2.15. The number of benzene rings is 1.